The zero-order valence-corrected chi connectivity index (χ0v) is 16.2. The molecule has 4 heteroatoms. The first-order valence-electron chi connectivity index (χ1n) is 9.47. The van der Waals surface area contributed by atoms with Crippen LogP contribution in [-0.2, 0) is 6.42 Å². The topological polar surface area (TPSA) is 38.1 Å². The van der Waals surface area contributed by atoms with Crippen LogP contribution in [0, 0.1) is 6.92 Å². The van der Waals surface area contributed by atoms with Crippen molar-refractivity contribution in [3.8, 4) is 5.69 Å². The molecule has 0 saturated heterocycles. The summed E-state index contributed by atoms with van der Waals surface area (Å²) in [5.74, 6) is 0.924. The maximum Gasteiger partial charge on any atom is 0.253 e. The number of likely N-dealkylation sites (N-methyl/N-ethyl adjacent to an activating group) is 1. The van der Waals surface area contributed by atoms with E-state index in [1.54, 1.807) is 4.90 Å². The molecule has 3 aromatic carbocycles. The van der Waals surface area contributed by atoms with Crippen LogP contribution in [-0.4, -0.2) is 34.0 Å². The van der Waals surface area contributed by atoms with Gasteiger partial charge in [0.15, 0.2) is 0 Å². The summed E-state index contributed by atoms with van der Waals surface area (Å²) in [7, 11) is 1.85. The number of benzene rings is 3. The molecule has 4 rings (SSSR count). The highest BCUT2D eigenvalue weighted by Gasteiger charge is 2.15. The quantitative estimate of drug-likeness (QED) is 0.514. The van der Waals surface area contributed by atoms with Crippen molar-refractivity contribution in [2.75, 3.05) is 13.6 Å². The van der Waals surface area contributed by atoms with Gasteiger partial charge in [-0.05, 0) is 49.2 Å². The Bertz CT molecular complexity index is 1100. The van der Waals surface area contributed by atoms with Crippen LogP contribution < -0.4 is 0 Å². The van der Waals surface area contributed by atoms with Crippen molar-refractivity contribution in [1.82, 2.24) is 14.5 Å². The Labute approximate surface area is 165 Å². The van der Waals surface area contributed by atoms with Crippen LogP contribution in [0.5, 0.6) is 0 Å². The molecular weight excluding hydrogens is 346 g/mol. The smallest absolute Gasteiger partial charge is 0.253 e. The minimum atomic E-state index is 0.0183. The average molecular weight is 369 g/mol. The largest absolute Gasteiger partial charge is 0.341 e. The molecule has 28 heavy (non-hydrogen) atoms. The molecule has 1 heterocycles. The SMILES string of the molecule is Cc1nc2cc(C(=O)N(C)CCc3ccccc3)ccc2n1-c1ccccc1. The van der Waals surface area contributed by atoms with Crippen molar-refractivity contribution < 1.29 is 4.79 Å². The zero-order valence-electron chi connectivity index (χ0n) is 16.2. The first-order chi connectivity index (χ1) is 13.6. The van der Waals surface area contributed by atoms with Gasteiger partial charge in [0.2, 0.25) is 0 Å². The van der Waals surface area contributed by atoms with Crippen LogP contribution in [0.2, 0.25) is 0 Å². The van der Waals surface area contributed by atoms with Crippen molar-refractivity contribution in [3.05, 3.63) is 95.8 Å². The molecule has 1 amide bonds. The van der Waals surface area contributed by atoms with Crippen molar-refractivity contribution in [2.24, 2.45) is 0 Å². The van der Waals surface area contributed by atoms with Crippen LogP contribution in [0.15, 0.2) is 78.9 Å². The first-order valence-corrected chi connectivity index (χ1v) is 9.47. The second-order valence-electron chi connectivity index (χ2n) is 7.00. The number of hydrogen-bond donors (Lipinski definition) is 0. The van der Waals surface area contributed by atoms with E-state index in [1.165, 1.54) is 5.56 Å². The highest BCUT2D eigenvalue weighted by molar-refractivity contribution is 5.97. The van der Waals surface area contributed by atoms with Gasteiger partial charge in [0, 0.05) is 24.8 Å². The van der Waals surface area contributed by atoms with E-state index < -0.39 is 0 Å². The lowest BCUT2D eigenvalue weighted by Crippen LogP contribution is -2.28. The molecule has 0 N–H and O–H groups in total. The fourth-order valence-electron chi connectivity index (χ4n) is 3.50. The second kappa shape index (κ2) is 7.69. The van der Waals surface area contributed by atoms with Gasteiger partial charge in [-0.1, -0.05) is 48.5 Å². The summed E-state index contributed by atoms with van der Waals surface area (Å²) in [6.07, 6.45) is 0.840. The fourth-order valence-corrected chi connectivity index (χ4v) is 3.50. The van der Waals surface area contributed by atoms with Crippen molar-refractivity contribution in [3.63, 3.8) is 0 Å². The van der Waals surface area contributed by atoms with Crippen molar-refractivity contribution >= 4 is 16.9 Å². The van der Waals surface area contributed by atoms with E-state index in [1.807, 2.05) is 68.6 Å². The summed E-state index contributed by atoms with van der Waals surface area (Å²) < 4.78 is 2.11. The molecular formula is C24H23N3O. The Morgan fingerprint density at radius 3 is 2.36 bits per heavy atom. The van der Waals surface area contributed by atoms with Crippen LogP contribution in [0.4, 0.5) is 0 Å². The lowest BCUT2D eigenvalue weighted by atomic mass is 10.1. The number of imidazole rings is 1. The van der Waals surface area contributed by atoms with Gasteiger partial charge >= 0.3 is 0 Å². The van der Waals surface area contributed by atoms with E-state index in [0.717, 1.165) is 29.0 Å². The van der Waals surface area contributed by atoms with Gasteiger partial charge in [0.1, 0.15) is 5.82 Å². The van der Waals surface area contributed by atoms with Crippen molar-refractivity contribution in [1.29, 1.82) is 0 Å². The second-order valence-corrected chi connectivity index (χ2v) is 7.00. The molecule has 0 unspecified atom stereocenters. The highest BCUT2D eigenvalue weighted by atomic mass is 16.2. The van der Waals surface area contributed by atoms with E-state index in [9.17, 15) is 4.79 Å². The zero-order chi connectivity index (χ0) is 19.5. The normalized spacial score (nSPS) is 10.9. The highest BCUT2D eigenvalue weighted by Crippen LogP contribution is 2.22. The molecule has 1 aromatic heterocycles. The molecule has 4 nitrogen and oxygen atoms in total. The molecule has 0 saturated carbocycles. The molecule has 0 spiro atoms. The molecule has 0 atom stereocenters. The standard InChI is InChI=1S/C24H23N3O/c1-18-25-22-17-20(13-14-23(22)27(18)21-11-7-4-8-12-21)24(28)26(2)16-15-19-9-5-3-6-10-19/h3-14,17H,15-16H2,1-2H3. The number of rotatable bonds is 5. The molecule has 4 aromatic rings. The minimum absolute atomic E-state index is 0.0183. The number of nitrogens with zero attached hydrogens (tertiary/aromatic N) is 3. The van der Waals surface area contributed by atoms with Gasteiger partial charge in [-0.3, -0.25) is 9.36 Å². The summed E-state index contributed by atoms with van der Waals surface area (Å²) in [5.41, 5.74) is 4.81. The molecule has 0 bridgehead atoms. The van der Waals surface area contributed by atoms with Gasteiger partial charge in [-0.25, -0.2) is 4.98 Å². The van der Waals surface area contributed by atoms with Gasteiger partial charge in [0.25, 0.3) is 5.91 Å². The molecule has 140 valence electrons. The predicted molar refractivity (Wildman–Crippen MR) is 113 cm³/mol. The number of aromatic nitrogens is 2. The Balaban J connectivity index is 1.57. The maximum absolute atomic E-state index is 12.9. The van der Waals surface area contributed by atoms with Gasteiger partial charge in [0.05, 0.1) is 11.0 Å². The Morgan fingerprint density at radius 1 is 0.964 bits per heavy atom. The number of amides is 1. The third kappa shape index (κ3) is 3.54. The summed E-state index contributed by atoms with van der Waals surface area (Å²) in [6, 6.07) is 26.1. The molecule has 0 aliphatic rings. The van der Waals surface area contributed by atoms with Crippen LogP contribution in [0.1, 0.15) is 21.7 Å². The van der Waals surface area contributed by atoms with E-state index >= 15 is 0 Å². The van der Waals surface area contributed by atoms with Gasteiger partial charge < -0.3 is 4.90 Å². The number of hydrogen-bond acceptors (Lipinski definition) is 2. The molecule has 0 aliphatic carbocycles. The summed E-state index contributed by atoms with van der Waals surface area (Å²) in [5, 5.41) is 0. The third-order valence-electron chi connectivity index (χ3n) is 5.01. The van der Waals surface area contributed by atoms with Crippen molar-refractivity contribution in [2.45, 2.75) is 13.3 Å². The molecule has 0 radical (unpaired) electrons. The lowest BCUT2D eigenvalue weighted by molar-refractivity contribution is 0.0797. The van der Waals surface area contributed by atoms with Crippen LogP contribution in [0.3, 0.4) is 0 Å². The van der Waals surface area contributed by atoms with E-state index in [4.69, 9.17) is 0 Å². The fraction of sp³-hybridized carbons (Fsp3) is 0.167. The first kappa shape index (κ1) is 18.0. The maximum atomic E-state index is 12.9. The number of carbonyl (C=O) groups is 1. The number of carbonyl (C=O) groups excluding carboxylic acids is 1. The third-order valence-corrected chi connectivity index (χ3v) is 5.01. The summed E-state index contributed by atoms with van der Waals surface area (Å²) >= 11 is 0. The number of aryl methyl sites for hydroxylation is 1. The summed E-state index contributed by atoms with van der Waals surface area (Å²) in [4.78, 5) is 19.3. The molecule has 0 fully saturated rings. The van der Waals surface area contributed by atoms with Gasteiger partial charge in [-0.2, -0.15) is 0 Å². The van der Waals surface area contributed by atoms with E-state index in [2.05, 4.69) is 33.8 Å². The number of para-hydroxylation sites is 1. The lowest BCUT2D eigenvalue weighted by Gasteiger charge is -2.17. The van der Waals surface area contributed by atoms with Crippen LogP contribution in [0.25, 0.3) is 16.7 Å². The van der Waals surface area contributed by atoms with E-state index in [-0.39, 0.29) is 5.91 Å². The molecule has 0 aliphatic heterocycles. The average Bonchev–Trinajstić information content (AvgIpc) is 3.07. The number of fused-ring (bicyclic) bond motifs is 1. The monoisotopic (exact) mass is 369 g/mol. The Morgan fingerprint density at radius 2 is 1.64 bits per heavy atom. The Kier molecular flexibility index (Phi) is 4.94. The minimum Gasteiger partial charge on any atom is -0.341 e. The van der Waals surface area contributed by atoms with Gasteiger partial charge in [-0.15, -0.1) is 0 Å². The van der Waals surface area contributed by atoms with Crippen LogP contribution >= 0.6 is 0 Å². The van der Waals surface area contributed by atoms with E-state index in [0.29, 0.717) is 12.1 Å². The predicted octanol–water partition coefficient (Wildman–Crippen LogP) is 4.65. The summed E-state index contributed by atoms with van der Waals surface area (Å²) in [6.45, 7) is 2.67. The Hall–Kier alpha value is -3.40.